The third-order valence-corrected chi connectivity index (χ3v) is 6.53. The van der Waals surface area contributed by atoms with E-state index in [1.807, 2.05) is 30.0 Å². The van der Waals surface area contributed by atoms with Gasteiger partial charge in [-0.3, -0.25) is 9.59 Å². The molecule has 1 amide bonds. The van der Waals surface area contributed by atoms with Crippen molar-refractivity contribution in [3.05, 3.63) is 40.1 Å². The maximum Gasteiger partial charge on any atom is 0.272 e. The van der Waals surface area contributed by atoms with Crippen molar-refractivity contribution in [2.75, 3.05) is 6.54 Å². The van der Waals surface area contributed by atoms with Crippen LogP contribution in [0.3, 0.4) is 0 Å². The summed E-state index contributed by atoms with van der Waals surface area (Å²) in [6.07, 6.45) is 5.89. The molecule has 2 aromatic heterocycles. The monoisotopic (exact) mass is 421 g/mol. The van der Waals surface area contributed by atoms with Crippen LogP contribution in [0.2, 0.25) is 0 Å². The Kier molecular flexibility index (Phi) is 5.08. The predicted molar refractivity (Wildman–Crippen MR) is 116 cm³/mol. The van der Waals surface area contributed by atoms with Gasteiger partial charge in [0.05, 0.1) is 17.0 Å². The van der Waals surface area contributed by atoms with Gasteiger partial charge in [-0.15, -0.1) is 0 Å². The van der Waals surface area contributed by atoms with Gasteiger partial charge >= 0.3 is 0 Å². The summed E-state index contributed by atoms with van der Waals surface area (Å²) in [5.41, 5.74) is 2.74. The average Bonchev–Trinajstić information content (AvgIpc) is 3.51. The number of aryl methyl sites for hydroxylation is 2. The Morgan fingerprint density at radius 3 is 2.74 bits per heavy atom. The van der Waals surface area contributed by atoms with Gasteiger partial charge in [0.15, 0.2) is 0 Å². The van der Waals surface area contributed by atoms with Gasteiger partial charge < -0.3 is 14.0 Å². The molecule has 2 aliphatic rings. The SMILES string of the molecule is CCCn1c(=O)c(C)nc2cc(-c3noc(C4CC(=O)N(C5CCCC5)C4)n3)ccc21. The molecule has 162 valence electrons. The molecule has 1 saturated heterocycles. The zero-order valence-electron chi connectivity index (χ0n) is 18.0. The first kappa shape index (κ1) is 19.9. The highest BCUT2D eigenvalue weighted by Crippen LogP contribution is 2.34. The molecule has 8 heteroatoms. The fraction of sp³-hybridized carbons (Fsp3) is 0.522. The number of amides is 1. The second kappa shape index (κ2) is 7.90. The number of nitrogens with zero attached hydrogens (tertiary/aromatic N) is 5. The standard InChI is InChI=1S/C23H27N5O3/c1-3-10-27-19-9-8-15(11-18(19)24-14(2)23(27)30)21-25-22(31-26-21)16-12-20(29)28(13-16)17-6-4-5-7-17/h8-9,11,16-17H,3-7,10,12-13H2,1-2H3. The Morgan fingerprint density at radius 1 is 1.16 bits per heavy atom. The van der Waals surface area contributed by atoms with Crippen molar-refractivity contribution in [1.29, 1.82) is 0 Å². The molecule has 2 fully saturated rings. The average molecular weight is 422 g/mol. The molecular weight excluding hydrogens is 394 g/mol. The summed E-state index contributed by atoms with van der Waals surface area (Å²) in [5, 5.41) is 4.17. The zero-order valence-corrected chi connectivity index (χ0v) is 18.0. The minimum atomic E-state index is -0.0540. The van der Waals surface area contributed by atoms with Crippen molar-refractivity contribution in [2.24, 2.45) is 0 Å². The lowest BCUT2D eigenvalue weighted by molar-refractivity contribution is -0.129. The summed E-state index contributed by atoms with van der Waals surface area (Å²) in [4.78, 5) is 36.1. The number of carbonyl (C=O) groups excluding carboxylic acids is 1. The van der Waals surface area contributed by atoms with Gasteiger partial charge in [-0.25, -0.2) is 4.98 Å². The van der Waals surface area contributed by atoms with Crippen LogP contribution in [0.25, 0.3) is 22.4 Å². The first-order valence-electron chi connectivity index (χ1n) is 11.2. The van der Waals surface area contributed by atoms with Crippen LogP contribution in [0.5, 0.6) is 0 Å². The number of rotatable bonds is 5. The van der Waals surface area contributed by atoms with Gasteiger partial charge in [0.25, 0.3) is 5.56 Å². The molecule has 31 heavy (non-hydrogen) atoms. The smallest absolute Gasteiger partial charge is 0.272 e. The van der Waals surface area contributed by atoms with Gasteiger partial charge in [0.1, 0.15) is 5.69 Å². The van der Waals surface area contributed by atoms with E-state index < -0.39 is 0 Å². The van der Waals surface area contributed by atoms with Gasteiger partial charge in [-0.2, -0.15) is 4.98 Å². The van der Waals surface area contributed by atoms with Crippen LogP contribution in [-0.4, -0.2) is 43.1 Å². The van der Waals surface area contributed by atoms with E-state index in [0.717, 1.165) is 35.9 Å². The molecule has 8 nitrogen and oxygen atoms in total. The maximum atomic E-state index is 12.5. The van der Waals surface area contributed by atoms with Crippen LogP contribution < -0.4 is 5.56 Å². The quantitative estimate of drug-likeness (QED) is 0.627. The van der Waals surface area contributed by atoms with E-state index in [4.69, 9.17) is 4.52 Å². The lowest BCUT2D eigenvalue weighted by atomic mass is 10.1. The third-order valence-electron chi connectivity index (χ3n) is 6.53. The number of carbonyl (C=O) groups is 1. The van der Waals surface area contributed by atoms with E-state index in [2.05, 4.69) is 15.1 Å². The molecule has 1 atom stereocenters. The molecule has 0 N–H and O–H groups in total. The third kappa shape index (κ3) is 3.54. The Morgan fingerprint density at radius 2 is 1.97 bits per heavy atom. The Labute approximate surface area is 180 Å². The van der Waals surface area contributed by atoms with Crippen LogP contribution in [-0.2, 0) is 11.3 Å². The molecule has 0 radical (unpaired) electrons. The van der Waals surface area contributed by atoms with E-state index in [1.165, 1.54) is 12.8 Å². The van der Waals surface area contributed by atoms with E-state index in [0.29, 0.717) is 43.0 Å². The fourth-order valence-corrected chi connectivity index (χ4v) is 4.94. The van der Waals surface area contributed by atoms with E-state index >= 15 is 0 Å². The first-order valence-corrected chi connectivity index (χ1v) is 11.2. The van der Waals surface area contributed by atoms with Crippen molar-refractivity contribution in [3.8, 4) is 11.4 Å². The normalized spacial score (nSPS) is 19.7. The van der Waals surface area contributed by atoms with E-state index in [-0.39, 0.29) is 17.4 Å². The molecule has 3 heterocycles. The van der Waals surface area contributed by atoms with Crippen molar-refractivity contribution in [2.45, 2.75) is 70.9 Å². The Hall–Kier alpha value is -3.03. The van der Waals surface area contributed by atoms with Crippen molar-refractivity contribution >= 4 is 16.9 Å². The number of hydrogen-bond donors (Lipinski definition) is 0. The Balaban J connectivity index is 1.42. The lowest BCUT2D eigenvalue weighted by Gasteiger charge is -2.23. The molecule has 3 aromatic rings. The zero-order chi connectivity index (χ0) is 21.5. The molecular formula is C23H27N5O3. The van der Waals surface area contributed by atoms with Crippen LogP contribution in [0.1, 0.15) is 63.0 Å². The summed E-state index contributed by atoms with van der Waals surface area (Å²) >= 11 is 0. The van der Waals surface area contributed by atoms with Gasteiger partial charge in [-0.05, 0) is 44.4 Å². The molecule has 1 aliphatic carbocycles. The first-order chi connectivity index (χ1) is 15.0. The topological polar surface area (TPSA) is 94.1 Å². The molecule has 0 spiro atoms. The van der Waals surface area contributed by atoms with Gasteiger partial charge in [0.2, 0.25) is 17.6 Å². The molecule has 5 rings (SSSR count). The summed E-state index contributed by atoms with van der Waals surface area (Å²) in [6.45, 7) is 5.09. The number of aromatic nitrogens is 4. The summed E-state index contributed by atoms with van der Waals surface area (Å²) < 4.78 is 7.33. The van der Waals surface area contributed by atoms with Crippen LogP contribution in [0.4, 0.5) is 0 Å². The fourth-order valence-electron chi connectivity index (χ4n) is 4.94. The second-order valence-electron chi connectivity index (χ2n) is 8.70. The van der Waals surface area contributed by atoms with E-state index in [9.17, 15) is 9.59 Å². The lowest BCUT2D eigenvalue weighted by Crippen LogP contribution is -2.34. The molecule has 0 bridgehead atoms. The van der Waals surface area contributed by atoms with Crippen molar-refractivity contribution in [1.82, 2.24) is 24.6 Å². The largest absolute Gasteiger partial charge is 0.339 e. The highest BCUT2D eigenvalue weighted by atomic mass is 16.5. The highest BCUT2D eigenvalue weighted by molar-refractivity contribution is 5.81. The molecule has 1 aromatic carbocycles. The van der Waals surface area contributed by atoms with Gasteiger partial charge in [-0.1, -0.05) is 24.9 Å². The number of hydrogen-bond acceptors (Lipinski definition) is 6. The van der Waals surface area contributed by atoms with Crippen molar-refractivity contribution < 1.29 is 9.32 Å². The molecule has 1 aliphatic heterocycles. The molecule has 1 unspecified atom stereocenters. The Bertz CT molecular complexity index is 1190. The summed E-state index contributed by atoms with van der Waals surface area (Å²) in [6, 6.07) is 6.05. The van der Waals surface area contributed by atoms with Crippen molar-refractivity contribution in [3.63, 3.8) is 0 Å². The molecule has 1 saturated carbocycles. The second-order valence-corrected chi connectivity index (χ2v) is 8.70. The van der Waals surface area contributed by atoms with Crippen LogP contribution >= 0.6 is 0 Å². The van der Waals surface area contributed by atoms with Crippen LogP contribution in [0.15, 0.2) is 27.5 Å². The number of benzene rings is 1. The van der Waals surface area contributed by atoms with E-state index in [1.54, 1.807) is 11.5 Å². The summed E-state index contributed by atoms with van der Waals surface area (Å²) in [5.74, 6) is 1.14. The summed E-state index contributed by atoms with van der Waals surface area (Å²) in [7, 11) is 0. The van der Waals surface area contributed by atoms with Crippen LogP contribution in [0, 0.1) is 6.92 Å². The maximum absolute atomic E-state index is 12.5. The van der Waals surface area contributed by atoms with Gasteiger partial charge in [0, 0.05) is 31.1 Å². The predicted octanol–water partition coefficient (Wildman–Crippen LogP) is 3.42. The highest BCUT2D eigenvalue weighted by Gasteiger charge is 2.38. The number of likely N-dealkylation sites (tertiary alicyclic amines) is 1. The number of fused-ring (bicyclic) bond motifs is 1. The minimum Gasteiger partial charge on any atom is -0.339 e. The minimum absolute atomic E-state index is 0.0510.